The zero-order chi connectivity index (χ0) is 17.9. The minimum absolute atomic E-state index is 0.127. The van der Waals surface area contributed by atoms with Gasteiger partial charge in [-0.15, -0.1) is 0 Å². The predicted octanol–water partition coefficient (Wildman–Crippen LogP) is 2.76. The van der Waals surface area contributed by atoms with Gasteiger partial charge in [0.15, 0.2) is 0 Å². The van der Waals surface area contributed by atoms with Crippen molar-refractivity contribution in [1.82, 2.24) is 19.5 Å². The average Bonchev–Trinajstić information content (AvgIpc) is 2.95. The summed E-state index contributed by atoms with van der Waals surface area (Å²) in [4.78, 5) is 3.99. The highest BCUT2D eigenvalue weighted by Gasteiger charge is 2.14. The first-order valence-corrected chi connectivity index (χ1v) is 9.61. The van der Waals surface area contributed by atoms with E-state index in [1.54, 1.807) is 41.3 Å². The topological polar surface area (TPSA) is 76.9 Å². The van der Waals surface area contributed by atoms with Crippen molar-refractivity contribution >= 4 is 21.6 Å². The molecule has 3 rings (SSSR count). The Kier molecular flexibility index (Phi) is 5.17. The lowest BCUT2D eigenvalue weighted by Crippen LogP contribution is -2.25. The number of pyridine rings is 1. The van der Waals surface area contributed by atoms with Gasteiger partial charge in [-0.2, -0.15) is 5.10 Å². The van der Waals surface area contributed by atoms with E-state index in [4.69, 9.17) is 11.6 Å². The van der Waals surface area contributed by atoms with E-state index in [1.807, 2.05) is 25.2 Å². The lowest BCUT2D eigenvalue weighted by atomic mass is 10.2. The summed E-state index contributed by atoms with van der Waals surface area (Å²) in [7, 11) is -1.67. The van der Waals surface area contributed by atoms with Crippen LogP contribution in [0, 0.1) is 0 Å². The Balaban J connectivity index is 1.69. The van der Waals surface area contributed by atoms with E-state index in [1.165, 1.54) is 0 Å². The van der Waals surface area contributed by atoms with Crippen LogP contribution in [0.1, 0.15) is 11.3 Å². The molecule has 6 nitrogen and oxygen atoms in total. The Morgan fingerprint density at radius 1 is 1.16 bits per heavy atom. The number of hydrogen-bond acceptors (Lipinski definition) is 4. The molecule has 2 aromatic heterocycles. The van der Waals surface area contributed by atoms with Crippen LogP contribution in [0.25, 0.3) is 11.3 Å². The monoisotopic (exact) mass is 376 g/mol. The van der Waals surface area contributed by atoms with Gasteiger partial charge in [-0.25, -0.2) is 13.1 Å². The van der Waals surface area contributed by atoms with Crippen molar-refractivity contribution in [2.45, 2.75) is 12.3 Å². The third-order valence-corrected chi connectivity index (χ3v) is 5.16. The number of halogens is 1. The third-order valence-electron chi connectivity index (χ3n) is 3.63. The van der Waals surface area contributed by atoms with Gasteiger partial charge in [-0.05, 0) is 35.9 Å². The van der Waals surface area contributed by atoms with E-state index >= 15 is 0 Å². The molecule has 8 heteroatoms. The molecule has 25 heavy (non-hydrogen) atoms. The third kappa shape index (κ3) is 4.66. The number of nitrogens with one attached hydrogen (secondary N) is 1. The van der Waals surface area contributed by atoms with Gasteiger partial charge in [0, 0.05) is 30.0 Å². The number of aromatic nitrogens is 3. The number of benzene rings is 1. The fourth-order valence-electron chi connectivity index (χ4n) is 2.49. The molecule has 0 atom stereocenters. The fourth-order valence-corrected chi connectivity index (χ4v) is 3.79. The summed E-state index contributed by atoms with van der Waals surface area (Å²) in [6, 6.07) is 12.4. The van der Waals surface area contributed by atoms with Crippen molar-refractivity contribution in [2.75, 3.05) is 0 Å². The van der Waals surface area contributed by atoms with Crippen LogP contribution in [-0.4, -0.2) is 23.2 Å². The van der Waals surface area contributed by atoms with Crippen molar-refractivity contribution in [3.05, 3.63) is 71.1 Å². The van der Waals surface area contributed by atoms with Crippen molar-refractivity contribution in [3.8, 4) is 11.3 Å². The smallest absolute Gasteiger partial charge is 0.216 e. The predicted molar refractivity (Wildman–Crippen MR) is 97.4 cm³/mol. The lowest BCUT2D eigenvalue weighted by Gasteiger charge is -2.05. The van der Waals surface area contributed by atoms with E-state index in [9.17, 15) is 8.42 Å². The van der Waals surface area contributed by atoms with Gasteiger partial charge in [0.25, 0.3) is 0 Å². The Morgan fingerprint density at radius 3 is 2.64 bits per heavy atom. The molecule has 0 spiro atoms. The summed E-state index contributed by atoms with van der Waals surface area (Å²) in [5.74, 6) is -0.127. The zero-order valence-electron chi connectivity index (χ0n) is 13.6. The molecule has 1 aromatic carbocycles. The van der Waals surface area contributed by atoms with Crippen LogP contribution >= 0.6 is 11.6 Å². The minimum Gasteiger partial charge on any atom is -0.268 e. The van der Waals surface area contributed by atoms with Crippen molar-refractivity contribution in [3.63, 3.8) is 0 Å². The highest BCUT2D eigenvalue weighted by Crippen LogP contribution is 2.19. The van der Waals surface area contributed by atoms with Gasteiger partial charge in [0.1, 0.15) is 0 Å². The lowest BCUT2D eigenvalue weighted by molar-refractivity contribution is 0.578. The van der Waals surface area contributed by atoms with Crippen LogP contribution in [0.3, 0.4) is 0 Å². The van der Waals surface area contributed by atoms with Crippen molar-refractivity contribution in [2.24, 2.45) is 7.05 Å². The molecule has 0 saturated heterocycles. The highest BCUT2D eigenvalue weighted by molar-refractivity contribution is 7.88. The standard InChI is InChI=1S/C17H17ClN4O2S/c1-22-17(14-5-7-19-8-6-14)10-16(21-22)11-20-25(23,24)12-13-3-2-4-15(18)9-13/h2-10,20H,11-12H2,1H3. The largest absolute Gasteiger partial charge is 0.268 e. The number of nitrogens with zero attached hydrogens (tertiary/aromatic N) is 3. The Labute approximate surface area is 151 Å². The summed E-state index contributed by atoms with van der Waals surface area (Å²) < 4.78 is 28.8. The SMILES string of the molecule is Cn1nc(CNS(=O)(=O)Cc2cccc(Cl)c2)cc1-c1ccncc1. The molecule has 0 unspecified atom stereocenters. The zero-order valence-corrected chi connectivity index (χ0v) is 15.1. The number of sulfonamides is 1. The Bertz CT molecular complexity index is 971. The van der Waals surface area contributed by atoms with Crippen LogP contribution in [0.2, 0.25) is 5.02 Å². The van der Waals surface area contributed by atoms with Gasteiger partial charge >= 0.3 is 0 Å². The summed E-state index contributed by atoms with van der Waals surface area (Å²) in [6.07, 6.45) is 3.41. The van der Waals surface area contributed by atoms with Crippen LogP contribution in [-0.2, 0) is 29.4 Å². The first kappa shape index (κ1) is 17.6. The van der Waals surface area contributed by atoms with Gasteiger partial charge in [-0.3, -0.25) is 9.67 Å². The molecule has 130 valence electrons. The quantitative estimate of drug-likeness (QED) is 0.717. The second-order valence-corrected chi connectivity index (χ2v) is 7.83. The fraction of sp³-hybridized carbons (Fsp3) is 0.176. The Hall–Kier alpha value is -2.22. The maximum Gasteiger partial charge on any atom is 0.216 e. The molecule has 0 fully saturated rings. The van der Waals surface area contributed by atoms with Gasteiger partial charge in [-0.1, -0.05) is 23.7 Å². The van der Waals surface area contributed by atoms with Gasteiger partial charge < -0.3 is 0 Å². The molecule has 1 N–H and O–H groups in total. The average molecular weight is 377 g/mol. The summed E-state index contributed by atoms with van der Waals surface area (Å²) in [6.45, 7) is 0.127. The molecule has 0 aliphatic carbocycles. The Morgan fingerprint density at radius 2 is 1.92 bits per heavy atom. The van der Waals surface area contributed by atoms with E-state index in [2.05, 4.69) is 14.8 Å². The van der Waals surface area contributed by atoms with Crippen LogP contribution in [0.4, 0.5) is 0 Å². The van der Waals surface area contributed by atoms with E-state index in [0.29, 0.717) is 16.3 Å². The molecular formula is C17H17ClN4O2S. The second-order valence-electron chi connectivity index (χ2n) is 5.59. The van der Waals surface area contributed by atoms with Crippen LogP contribution in [0.15, 0.2) is 54.9 Å². The molecule has 0 aliphatic rings. The number of aryl methyl sites for hydroxylation is 1. The highest BCUT2D eigenvalue weighted by atomic mass is 35.5. The molecule has 0 bridgehead atoms. The van der Waals surface area contributed by atoms with Crippen molar-refractivity contribution in [1.29, 1.82) is 0 Å². The molecule has 3 aromatic rings. The molecule has 0 saturated carbocycles. The first-order valence-electron chi connectivity index (χ1n) is 7.58. The van der Waals surface area contributed by atoms with E-state index < -0.39 is 10.0 Å². The maximum atomic E-state index is 12.2. The number of hydrogen-bond donors (Lipinski definition) is 1. The molecule has 0 radical (unpaired) electrons. The normalized spacial score (nSPS) is 11.6. The molecule has 0 aliphatic heterocycles. The van der Waals surface area contributed by atoms with Gasteiger partial charge in [0.2, 0.25) is 10.0 Å². The first-order chi connectivity index (χ1) is 11.9. The van der Waals surface area contributed by atoms with Crippen LogP contribution < -0.4 is 4.72 Å². The van der Waals surface area contributed by atoms with Crippen LogP contribution in [0.5, 0.6) is 0 Å². The van der Waals surface area contributed by atoms with E-state index in [0.717, 1.165) is 11.3 Å². The number of rotatable bonds is 6. The summed E-state index contributed by atoms with van der Waals surface area (Å²) in [5.41, 5.74) is 3.15. The molecular weight excluding hydrogens is 360 g/mol. The second kappa shape index (κ2) is 7.35. The molecule has 0 amide bonds. The molecule has 2 heterocycles. The van der Waals surface area contributed by atoms with Crippen molar-refractivity contribution < 1.29 is 8.42 Å². The summed E-state index contributed by atoms with van der Waals surface area (Å²) >= 11 is 5.89. The summed E-state index contributed by atoms with van der Waals surface area (Å²) in [5, 5.41) is 4.87. The maximum absolute atomic E-state index is 12.2. The van der Waals surface area contributed by atoms with Gasteiger partial charge in [0.05, 0.1) is 23.7 Å². The van der Waals surface area contributed by atoms with E-state index in [-0.39, 0.29) is 12.3 Å². The minimum atomic E-state index is -3.49.